The van der Waals surface area contributed by atoms with Crippen molar-refractivity contribution in [2.75, 3.05) is 6.61 Å². The highest BCUT2D eigenvalue weighted by Crippen LogP contribution is 2.31. The number of carbonyl (C=O) groups excluding carboxylic acids is 1. The molecule has 0 amide bonds. The molecule has 1 saturated heterocycles. The van der Waals surface area contributed by atoms with Gasteiger partial charge in [0.2, 0.25) is 6.29 Å². The van der Waals surface area contributed by atoms with Crippen molar-refractivity contribution in [1.29, 1.82) is 0 Å². The van der Waals surface area contributed by atoms with Crippen molar-refractivity contribution in [2.24, 2.45) is 0 Å². The third-order valence-electron chi connectivity index (χ3n) is 6.55. The first-order valence-electron chi connectivity index (χ1n) is 12.7. The molecule has 12 heteroatoms. The molecule has 6 N–H and O–H groups in total. The van der Waals surface area contributed by atoms with E-state index in [-0.39, 0.29) is 34.0 Å². The van der Waals surface area contributed by atoms with E-state index in [1.807, 2.05) is 0 Å². The molecule has 3 aromatic carbocycles. The average Bonchev–Trinajstić information content (AvgIpc) is 2.96. The van der Waals surface area contributed by atoms with Crippen LogP contribution in [-0.4, -0.2) is 73.9 Å². The summed E-state index contributed by atoms with van der Waals surface area (Å²) >= 11 is 0. The minimum atomic E-state index is -1.67. The van der Waals surface area contributed by atoms with Crippen molar-refractivity contribution in [3.8, 4) is 34.3 Å². The summed E-state index contributed by atoms with van der Waals surface area (Å²) < 4.78 is 22.1. The molecule has 0 spiro atoms. The number of benzene rings is 3. The number of aromatic hydroxyl groups is 3. The smallest absolute Gasteiger partial charge is 0.330 e. The van der Waals surface area contributed by atoms with Crippen LogP contribution < -0.4 is 10.2 Å². The van der Waals surface area contributed by atoms with Crippen LogP contribution in [-0.2, 0) is 14.3 Å². The maximum absolute atomic E-state index is 12.5. The van der Waals surface area contributed by atoms with E-state index >= 15 is 0 Å². The van der Waals surface area contributed by atoms with Crippen LogP contribution in [0.3, 0.4) is 0 Å². The summed E-state index contributed by atoms with van der Waals surface area (Å²) in [4.78, 5) is 24.6. The largest absolute Gasteiger partial charge is 0.508 e. The van der Waals surface area contributed by atoms with Crippen molar-refractivity contribution in [3.05, 3.63) is 88.6 Å². The van der Waals surface area contributed by atoms with Gasteiger partial charge >= 0.3 is 5.97 Å². The number of fused-ring (bicyclic) bond motifs is 1. The van der Waals surface area contributed by atoms with Crippen molar-refractivity contribution in [3.63, 3.8) is 0 Å². The van der Waals surface area contributed by atoms with E-state index in [9.17, 15) is 40.2 Å². The van der Waals surface area contributed by atoms with Gasteiger partial charge in [-0.25, -0.2) is 4.79 Å². The zero-order valence-electron chi connectivity index (χ0n) is 21.7. The summed E-state index contributed by atoms with van der Waals surface area (Å²) in [6.07, 6.45) is -4.94. The van der Waals surface area contributed by atoms with Gasteiger partial charge in [-0.15, -0.1) is 0 Å². The van der Waals surface area contributed by atoms with Crippen LogP contribution in [0.2, 0.25) is 0 Å². The normalized spacial score (nSPS) is 22.3. The number of ether oxygens (including phenoxy) is 3. The Hall–Kier alpha value is -4.88. The van der Waals surface area contributed by atoms with Crippen LogP contribution in [0.4, 0.5) is 0 Å². The zero-order chi connectivity index (χ0) is 30.0. The number of aliphatic hydroxyl groups excluding tert-OH is 3. The van der Waals surface area contributed by atoms with Crippen LogP contribution in [0.25, 0.3) is 28.4 Å². The first kappa shape index (κ1) is 28.6. The van der Waals surface area contributed by atoms with E-state index in [1.54, 1.807) is 24.3 Å². The highest BCUT2D eigenvalue weighted by atomic mass is 16.7. The predicted octanol–water partition coefficient (Wildman–Crippen LogP) is 2.02. The summed E-state index contributed by atoms with van der Waals surface area (Å²) in [5, 5.41) is 60.0. The second kappa shape index (κ2) is 11.9. The molecule has 2 heterocycles. The van der Waals surface area contributed by atoms with Crippen LogP contribution in [0.5, 0.6) is 23.0 Å². The fourth-order valence-corrected chi connectivity index (χ4v) is 4.34. The molecular weight excluding hydrogens is 552 g/mol. The molecule has 0 unspecified atom stereocenters. The summed E-state index contributed by atoms with van der Waals surface area (Å²) in [6, 6.07) is 15.6. The molecule has 0 saturated carbocycles. The lowest BCUT2D eigenvalue weighted by Crippen LogP contribution is -2.60. The lowest BCUT2D eigenvalue weighted by molar-refractivity contribution is -0.278. The summed E-state index contributed by atoms with van der Waals surface area (Å²) in [5.41, 5.74) is 0.565. The highest BCUT2D eigenvalue weighted by Gasteiger charge is 2.45. The third-order valence-corrected chi connectivity index (χ3v) is 6.55. The molecule has 1 aliphatic rings. The van der Waals surface area contributed by atoms with Crippen molar-refractivity contribution >= 4 is 23.0 Å². The Morgan fingerprint density at radius 3 is 2.29 bits per heavy atom. The molecule has 4 aromatic rings. The molecule has 1 aromatic heterocycles. The van der Waals surface area contributed by atoms with Gasteiger partial charge in [0, 0.05) is 29.8 Å². The molecule has 5 atom stereocenters. The van der Waals surface area contributed by atoms with E-state index in [0.717, 1.165) is 12.1 Å². The molecular formula is C30H26O12. The number of esters is 1. The fraction of sp³-hybridized carbons (Fsp3) is 0.200. The summed E-state index contributed by atoms with van der Waals surface area (Å²) in [6.45, 7) is -0.450. The lowest BCUT2D eigenvalue weighted by atomic mass is 9.99. The second-order valence-electron chi connectivity index (χ2n) is 9.52. The summed E-state index contributed by atoms with van der Waals surface area (Å²) in [5.74, 6) is -1.02. The van der Waals surface area contributed by atoms with Gasteiger partial charge in [0.05, 0.1) is 0 Å². The molecule has 0 aliphatic carbocycles. The molecule has 42 heavy (non-hydrogen) atoms. The van der Waals surface area contributed by atoms with Crippen LogP contribution >= 0.6 is 0 Å². The Labute approximate surface area is 237 Å². The van der Waals surface area contributed by atoms with Gasteiger partial charge in [-0.3, -0.25) is 4.79 Å². The van der Waals surface area contributed by atoms with Gasteiger partial charge in [-0.1, -0.05) is 12.1 Å². The van der Waals surface area contributed by atoms with Gasteiger partial charge < -0.3 is 49.3 Å². The van der Waals surface area contributed by atoms with Gasteiger partial charge in [0.25, 0.3) is 0 Å². The number of aliphatic hydroxyl groups is 3. The minimum absolute atomic E-state index is 0.0100. The monoisotopic (exact) mass is 578 g/mol. The topological polar surface area (TPSA) is 196 Å². The SMILES string of the molecule is O=C(/C=C\c1ccc(O)cc1)OC[C@H]1O[C@@H](Oc2ccc(-c3cc(=O)c4c(O)cc(O)cc4o3)cc2)[C@H](O)[C@@H](O)[C@@H]1O. The Morgan fingerprint density at radius 2 is 1.57 bits per heavy atom. The molecule has 0 radical (unpaired) electrons. The number of hydrogen-bond donors (Lipinski definition) is 6. The van der Waals surface area contributed by atoms with Gasteiger partial charge in [0.1, 0.15) is 70.8 Å². The Morgan fingerprint density at radius 1 is 0.857 bits per heavy atom. The summed E-state index contributed by atoms with van der Waals surface area (Å²) in [7, 11) is 0. The quantitative estimate of drug-likeness (QED) is 0.138. The maximum Gasteiger partial charge on any atom is 0.330 e. The van der Waals surface area contributed by atoms with E-state index in [0.29, 0.717) is 11.1 Å². The van der Waals surface area contributed by atoms with Crippen molar-refractivity contribution in [2.45, 2.75) is 30.7 Å². The maximum atomic E-state index is 12.5. The Bertz CT molecular complexity index is 1660. The highest BCUT2D eigenvalue weighted by molar-refractivity contribution is 5.87. The van der Waals surface area contributed by atoms with E-state index in [2.05, 4.69) is 0 Å². The molecule has 5 rings (SSSR count). The van der Waals surface area contributed by atoms with E-state index in [1.165, 1.54) is 42.5 Å². The lowest BCUT2D eigenvalue weighted by Gasteiger charge is -2.39. The number of rotatable bonds is 7. The average molecular weight is 579 g/mol. The van der Waals surface area contributed by atoms with Crippen LogP contribution in [0.15, 0.2) is 82.0 Å². The molecule has 218 valence electrons. The standard InChI is InChI=1S/C30H26O12/c31-17-6-1-15(2-7-17)3-10-25(35)39-14-24-27(36)28(37)29(38)30(42-24)40-19-8-4-16(5-9-19)22-13-21(34)26-20(33)11-18(32)12-23(26)41-22/h1-13,24,27-33,36-38H,14H2/b10-3-/t24-,27-,28+,29-,30-/m1/s1. The number of phenols is 3. The predicted molar refractivity (Wildman–Crippen MR) is 147 cm³/mol. The number of carbonyl (C=O) groups is 1. The van der Waals surface area contributed by atoms with E-state index < -0.39 is 54.5 Å². The zero-order valence-corrected chi connectivity index (χ0v) is 21.7. The first-order valence-corrected chi connectivity index (χ1v) is 12.7. The molecule has 1 fully saturated rings. The van der Waals surface area contributed by atoms with Crippen molar-refractivity contribution < 1.29 is 54.1 Å². The Balaban J connectivity index is 1.24. The second-order valence-corrected chi connectivity index (χ2v) is 9.52. The molecule has 0 bridgehead atoms. The van der Waals surface area contributed by atoms with Gasteiger partial charge in [-0.2, -0.15) is 0 Å². The number of hydrogen-bond acceptors (Lipinski definition) is 12. The minimum Gasteiger partial charge on any atom is -0.508 e. The molecule has 12 nitrogen and oxygen atoms in total. The Kier molecular flexibility index (Phi) is 8.13. The fourth-order valence-electron chi connectivity index (χ4n) is 4.34. The van der Waals surface area contributed by atoms with E-state index in [4.69, 9.17) is 18.6 Å². The van der Waals surface area contributed by atoms with Gasteiger partial charge in [0.15, 0.2) is 5.43 Å². The van der Waals surface area contributed by atoms with Crippen LogP contribution in [0.1, 0.15) is 5.56 Å². The van der Waals surface area contributed by atoms with Gasteiger partial charge in [-0.05, 0) is 48.0 Å². The first-order chi connectivity index (χ1) is 20.1. The number of phenolic OH excluding ortho intramolecular Hbond substituents is 3. The molecule has 1 aliphatic heterocycles. The third kappa shape index (κ3) is 6.21. The van der Waals surface area contributed by atoms with Crippen LogP contribution in [0, 0.1) is 0 Å². The van der Waals surface area contributed by atoms with Crippen molar-refractivity contribution in [1.82, 2.24) is 0 Å².